The van der Waals surface area contributed by atoms with E-state index in [1.54, 1.807) is 24.3 Å². The van der Waals surface area contributed by atoms with Gasteiger partial charge in [0.2, 0.25) is 5.91 Å². The summed E-state index contributed by atoms with van der Waals surface area (Å²) in [6.07, 6.45) is 0. The van der Waals surface area contributed by atoms with E-state index in [1.807, 2.05) is 0 Å². The molecule has 2 rings (SSSR count). The molecule has 2 aromatic rings. The van der Waals surface area contributed by atoms with Crippen molar-refractivity contribution in [3.63, 3.8) is 0 Å². The zero-order valence-corrected chi connectivity index (χ0v) is 11.8. The van der Waals surface area contributed by atoms with Gasteiger partial charge in [0.05, 0.1) is 12.4 Å². The van der Waals surface area contributed by atoms with Crippen LogP contribution in [0.25, 0.3) is 0 Å². The molecule has 0 unspecified atom stereocenters. The number of aliphatic hydroxyl groups excluding tert-OH is 1. The van der Waals surface area contributed by atoms with Crippen LogP contribution in [0, 0.1) is 11.6 Å². The summed E-state index contributed by atoms with van der Waals surface area (Å²) in [6, 6.07) is 10.3. The lowest BCUT2D eigenvalue weighted by Crippen LogP contribution is -2.14. The van der Waals surface area contributed by atoms with Crippen molar-refractivity contribution in [1.82, 2.24) is 0 Å². The third-order valence-corrected chi connectivity index (χ3v) is 3.65. The second-order valence-electron chi connectivity index (χ2n) is 4.27. The third kappa shape index (κ3) is 4.54. The molecule has 0 bridgehead atoms. The van der Waals surface area contributed by atoms with Crippen LogP contribution in [-0.4, -0.2) is 16.8 Å². The predicted octanol–water partition coefficient (Wildman–Crippen LogP) is 3.19. The lowest BCUT2D eigenvalue weighted by Gasteiger charge is -2.06. The normalized spacial score (nSPS) is 10.4. The molecule has 0 spiro atoms. The van der Waals surface area contributed by atoms with E-state index in [9.17, 15) is 13.6 Å². The van der Waals surface area contributed by atoms with Gasteiger partial charge in [-0.1, -0.05) is 12.1 Å². The van der Waals surface area contributed by atoms with Crippen LogP contribution < -0.4 is 5.32 Å². The minimum Gasteiger partial charge on any atom is -0.392 e. The van der Waals surface area contributed by atoms with Crippen LogP contribution in [-0.2, 0) is 11.4 Å². The van der Waals surface area contributed by atoms with Crippen molar-refractivity contribution in [3.05, 3.63) is 59.7 Å². The van der Waals surface area contributed by atoms with Gasteiger partial charge in [0.1, 0.15) is 0 Å². The van der Waals surface area contributed by atoms with Gasteiger partial charge < -0.3 is 10.4 Å². The summed E-state index contributed by atoms with van der Waals surface area (Å²) in [5.41, 5.74) is 1.28. The second-order valence-corrected chi connectivity index (χ2v) is 5.32. The summed E-state index contributed by atoms with van der Waals surface area (Å²) in [5, 5.41) is 11.7. The van der Waals surface area contributed by atoms with E-state index >= 15 is 0 Å². The first-order chi connectivity index (χ1) is 10.1. The molecule has 0 aliphatic carbocycles. The lowest BCUT2D eigenvalue weighted by atomic mass is 10.2. The fraction of sp³-hybridized carbons (Fsp3) is 0.133. The Balaban J connectivity index is 1.90. The first kappa shape index (κ1) is 15.5. The Kier molecular flexibility index (Phi) is 5.30. The molecule has 0 aliphatic heterocycles. The molecule has 0 radical (unpaired) electrons. The van der Waals surface area contributed by atoms with E-state index in [0.717, 1.165) is 23.9 Å². The molecule has 0 heterocycles. The predicted molar refractivity (Wildman–Crippen MR) is 78.1 cm³/mol. The van der Waals surface area contributed by atoms with Gasteiger partial charge in [-0.05, 0) is 35.9 Å². The van der Waals surface area contributed by atoms with Crippen molar-refractivity contribution in [2.24, 2.45) is 0 Å². The number of amides is 1. The highest BCUT2D eigenvalue weighted by molar-refractivity contribution is 8.00. The van der Waals surface area contributed by atoms with E-state index in [-0.39, 0.29) is 18.3 Å². The average Bonchev–Trinajstić information content (AvgIpc) is 2.48. The summed E-state index contributed by atoms with van der Waals surface area (Å²) in [4.78, 5) is 12.3. The number of hydrogen-bond acceptors (Lipinski definition) is 3. The Morgan fingerprint density at radius 1 is 1.14 bits per heavy atom. The Labute approximate surface area is 125 Å². The molecule has 21 heavy (non-hydrogen) atoms. The number of halogens is 2. The molecule has 0 fully saturated rings. The SMILES string of the molecule is O=C(CSc1ccc(F)c(F)c1)Nc1cccc(CO)c1. The molecule has 0 aliphatic rings. The molecule has 6 heteroatoms. The fourth-order valence-electron chi connectivity index (χ4n) is 1.66. The average molecular weight is 309 g/mol. The molecule has 0 aromatic heterocycles. The summed E-state index contributed by atoms with van der Waals surface area (Å²) in [6.45, 7) is -0.104. The molecule has 2 N–H and O–H groups in total. The van der Waals surface area contributed by atoms with Crippen LogP contribution >= 0.6 is 11.8 Å². The minimum atomic E-state index is -0.934. The highest BCUT2D eigenvalue weighted by atomic mass is 32.2. The monoisotopic (exact) mass is 309 g/mol. The lowest BCUT2D eigenvalue weighted by molar-refractivity contribution is -0.113. The Morgan fingerprint density at radius 3 is 2.67 bits per heavy atom. The van der Waals surface area contributed by atoms with Crippen molar-refractivity contribution in [2.45, 2.75) is 11.5 Å². The molecule has 110 valence electrons. The smallest absolute Gasteiger partial charge is 0.234 e. The van der Waals surface area contributed by atoms with E-state index in [2.05, 4.69) is 5.32 Å². The van der Waals surface area contributed by atoms with Gasteiger partial charge >= 0.3 is 0 Å². The highest BCUT2D eigenvalue weighted by Gasteiger charge is 2.07. The molecule has 0 saturated heterocycles. The maximum atomic E-state index is 13.0. The molecule has 3 nitrogen and oxygen atoms in total. The summed E-state index contributed by atoms with van der Waals surface area (Å²) in [7, 11) is 0. The highest BCUT2D eigenvalue weighted by Crippen LogP contribution is 2.20. The largest absolute Gasteiger partial charge is 0.392 e. The number of anilines is 1. The first-order valence-electron chi connectivity index (χ1n) is 6.16. The van der Waals surface area contributed by atoms with Crippen molar-refractivity contribution >= 4 is 23.4 Å². The van der Waals surface area contributed by atoms with Gasteiger partial charge in [-0.25, -0.2) is 8.78 Å². The van der Waals surface area contributed by atoms with Crippen molar-refractivity contribution in [1.29, 1.82) is 0 Å². The van der Waals surface area contributed by atoms with Crippen molar-refractivity contribution in [2.75, 3.05) is 11.1 Å². The number of aliphatic hydroxyl groups is 1. The van der Waals surface area contributed by atoms with Crippen LogP contribution in [0.15, 0.2) is 47.4 Å². The topological polar surface area (TPSA) is 49.3 Å². The Hall–Kier alpha value is -1.92. The number of rotatable bonds is 5. The maximum Gasteiger partial charge on any atom is 0.234 e. The quantitative estimate of drug-likeness (QED) is 0.834. The number of carbonyl (C=O) groups excluding carboxylic acids is 1. The Bertz CT molecular complexity index is 649. The standard InChI is InChI=1S/C15H13F2NO2S/c16-13-5-4-12(7-14(13)17)21-9-15(20)18-11-3-1-2-10(6-11)8-19/h1-7,19H,8-9H2,(H,18,20). The van der Waals surface area contributed by atoms with Crippen molar-refractivity contribution < 1.29 is 18.7 Å². The second kappa shape index (κ2) is 7.19. The first-order valence-corrected chi connectivity index (χ1v) is 7.14. The van der Waals surface area contributed by atoms with Gasteiger partial charge in [-0.3, -0.25) is 4.79 Å². The van der Waals surface area contributed by atoms with Crippen LogP contribution in [0.4, 0.5) is 14.5 Å². The molecular weight excluding hydrogens is 296 g/mol. The fourth-order valence-corrected chi connectivity index (χ4v) is 2.38. The number of carbonyl (C=O) groups is 1. The molecular formula is C15H13F2NO2S. The minimum absolute atomic E-state index is 0.0778. The third-order valence-electron chi connectivity index (χ3n) is 2.65. The van der Waals surface area contributed by atoms with Crippen LogP contribution in [0.3, 0.4) is 0 Å². The number of hydrogen-bond donors (Lipinski definition) is 2. The number of thioether (sulfide) groups is 1. The molecule has 1 amide bonds. The van der Waals surface area contributed by atoms with Gasteiger partial charge in [0, 0.05) is 10.6 Å². The van der Waals surface area contributed by atoms with Gasteiger partial charge in [0.15, 0.2) is 11.6 Å². The maximum absolute atomic E-state index is 13.0. The summed E-state index contributed by atoms with van der Waals surface area (Å²) < 4.78 is 25.8. The molecule has 2 aromatic carbocycles. The van der Waals surface area contributed by atoms with Crippen LogP contribution in [0.5, 0.6) is 0 Å². The summed E-state index contributed by atoms with van der Waals surface area (Å²) >= 11 is 1.11. The van der Waals surface area contributed by atoms with Crippen LogP contribution in [0.2, 0.25) is 0 Å². The van der Waals surface area contributed by atoms with Crippen molar-refractivity contribution in [3.8, 4) is 0 Å². The van der Waals surface area contributed by atoms with Gasteiger partial charge in [-0.2, -0.15) is 0 Å². The van der Waals surface area contributed by atoms with E-state index in [1.165, 1.54) is 6.07 Å². The molecule has 0 atom stereocenters. The zero-order chi connectivity index (χ0) is 15.2. The van der Waals surface area contributed by atoms with Crippen LogP contribution in [0.1, 0.15) is 5.56 Å². The van der Waals surface area contributed by atoms with Gasteiger partial charge in [-0.15, -0.1) is 11.8 Å². The van der Waals surface area contributed by atoms with Gasteiger partial charge in [0.25, 0.3) is 0 Å². The molecule has 0 saturated carbocycles. The van der Waals surface area contributed by atoms with E-state index in [0.29, 0.717) is 16.1 Å². The summed E-state index contributed by atoms with van der Waals surface area (Å²) in [5.74, 6) is -2.03. The number of benzene rings is 2. The number of nitrogens with one attached hydrogen (secondary N) is 1. The van der Waals surface area contributed by atoms with E-state index < -0.39 is 11.6 Å². The Morgan fingerprint density at radius 2 is 1.95 bits per heavy atom. The zero-order valence-electron chi connectivity index (χ0n) is 11.0. The van der Waals surface area contributed by atoms with E-state index in [4.69, 9.17) is 5.11 Å².